The van der Waals surface area contributed by atoms with Crippen LogP contribution in [0.5, 0.6) is 5.75 Å². The van der Waals surface area contributed by atoms with Crippen LogP contribution < -0.4 is 9.64 Å². The zero-order valence-corrected chi connectivity index (χ0v) is 16.7. The number of anilines is 1. The average molecular weight is 387 g/mol. The van der Waals surface area contributed by atoms with Crippen molar-refractivity contribution >= 4 is 22.5 Å². The summed E-state index contributed by atoms with van der Waals surface area (Å²) in [7, 11) is 1.70. The molecule has 1 aromatic heterocycles. The van der Waals surface area contributed by atoms with Crippen molar-refractivity contribution < 1.29 is 9.53 Å². The van der Waals surface area contributed by atoms with Crippen LogP contribution in [0.25, 0.3) is 10.9 Å². The zero-order valence-electron chi connectivity index (χ0n) is 16.7. The van der Waals surface area contributed by atoms with Crippen LogP contribution in [0.15, 0.2) is 48.5 Å². The molecule has 0 unspecified atom stereocenters. The number of fused-ring (bicyclic) bond motifs is 2. The minimum absolute atomic E-state index is 0.154. The molecule has 1 aliphatic carbocycles. The summed E-state index contributed by atoms with van der Waals surface area (Å²) in [6.45, 7) is 3.03. The maximum absolute atomic E-state index is 13.6. The molecule has 1 aliphatic heterocycles. The SMILES string of the molecule is COc1ccccc1N1CCN(C(=O)c2c3c(nc4ccccc24)CCC3)CC1. The molecule has 5 heteroatoms. The Balaban J connectivity index is 1.42. The van der Waals surface area contributed by atoms with E-state index >= 15 is 0 Å². The number of carbonyl (C=O) groups is 1. The Bertz CT molecular complexity index is 1070. The molecule has 148 valence electrons. The lowest BCUT2D eigenvalue weighted by molar-refractivity contribution is 0.0747. The Morgan fingerprint density at radius 3 is 2.55 bits per heavy atom. The highest BCUT2D eigenvalue weighted by atomic mass is 16.5. The predicted molar refractivity (Wildman–Crippen MR) is 115 cm³/mol. The summed E-state index contributed by atoms with van der Waals surface area (Å²) >= 11 is 0. The van der Waals surface area contributed by atoms with Gasteiger partial charge < -0.3 is 14.5 Å². The van der Waals surface area contributed by atoms with E-state index in [9.17, 15) is 4.79 Å². The number of aromatic nitrogens is 1. The van der Waals surface area contributed by atoms with E-state index in [0.717, 1.165) is 65.9 Å². The molecule has 29 heavy (non-hydrogen) atoms. The quantitative estimate of drug-likeness (QED) is 0.688. The third-order valence-corrected chi connectivity index (χ3v) is 6.13. The molecule has 0 N–H and O–H groups in total. The van der Waals surface area contributed by atoms with Gasteiger partial charge in [0.25, 0.3) is 5.91 Å². The zero-order chi connectivity index (χ0) is 19.8. The third kappa shape index (κ3) is 3.11. The molecule has 1 saturated heterocycles. The molecular formula is C24H25N3O2. The lowest BCUT2D eigenvalue weighted by Gasteiger charge is -2.37. The molecular weight excluding hydrogens is 362 g/mol. The van der Waals surface area contributed by atoms with E-state index < -0.39 is 0 Å². The Morgan fingerprint density at radius 2 is 1.72 bits per heavy atom. The maximum Gasteiger partial charge on any atom is 0.255 e. The number of hydrogen-bond acceptors (Lipinski definition) is 4. The second-order valence-electron chi connectivity index (χ2n) is 7.73. The fourth-order valence-corrected chi connectivity index (χ4v) is 4.65. The Hall–Kier alpha value is -3.08. The molecule has 0 spiro atoms. The van der Waals surface area contributed by atoms with Crippen molar-refractivity contribution in [2.45, 2.75) is 19.3 Å². The predicted octanol–water partition coefficient (Wildman–Crippen LogP) is 3.69. The van der Waals surface area contributed by atoms with Gasteiger partial charge in [-0.05, 0) is 43.0 Å². The Morgan fingerprint density at radius 1 is 0.966 bits per heavy atom. The van der Waals surface area contributed by atoms with Gasteiger partial charge in [-0.1, -0.05) is 30.3 Å². The van der Waals surface area contributed by atoms with Crippen molar-refractivity contribution in [1.82, 2.24) is 9.88 Å². The topological polar surface area (TPSA) is 45.7 Å². The van der Waals surface area contributed by atoms with Gasteiger partial charge in [-0.2, -0.15) is 0 Å². The second kappa shape index (κ2) is 7.39. The van der Waals surface area contributed by atoms with Gasteiger partial charge in [-0.25, -0.2) is 0 Å². The number of benzene rings is 2. The van der Waals surface area contributed by atoms with Gasteiger partial charge in [0.2, 0.25) is 0 Å². The van der Waals surface area contributed by atoms with Crippen LogP contribution in [0.4, 0.5) is 5.69 Å². The summed E-state index contributed by atoms with van der Waals surface area (Å²) in [5.74, 6) is 1.03. The standard InChI is InChI=1S/C24H25N3O2/c1-29-22-12-5-4-11-21(22)26-13-15-27(16-14-26)24(28)23-17-7-2-3-9-19(17)25-20-10-6-8-18(20)23/h2-5,7,9,11-12H,6,8,10,13-16H2,1H3. The molecule has 5 rings (SSSR count). The number of rotatable bonds is 3. The van der Waals surface area contributed by atoms with Crippen LogP contribution in [-0.4, -0.2) is 49.1 Å². The summed E-state index contributed by atoms with van der Waals surface area (Å²) < 4.78 is 5.51. The van der Waals surface area contributed by atoms with Crippen LogP contribution in [0, 0.1) is 0 Å². The molecule has 0 radical (unpaired) electrons. The summed E-state index contributed by atoms with van der Waals surface area (Å²) in [5, 5.41) is 0.991. The molecule has 2 aliphatic rings. The number of carbonyl (C=O) groups excluding carboxylic acids is 1. The van der Waals surface area contributed by atoms with Gasteiger partial charge in [0.05, 0.1) is 23.9 Å². The molecule has 1 amide bonds. The monoisotopic (exact) mass is 387 g/mol. The lowest BCUT2D eigenvalue weighted by atomic mass is 9.99. The van der Waals surface area contributed by atoms with Gasteiger partial charge in [-0.3, -0.25) is 9.78 Å². The van der Waals surface area contributed by atoms with Crippen LogP contribution in [0.1, 0.15) is 28.0 Å². The first-order chi connectivity index (χ1) is 14.3. The van der Waals surface area contributed by atoms with Crippen LogP contribution in [-0.2, 0) is 12.8 Å². The first-order valence-corrected chi connectivity index (χ1v) is 10.3. The Kier molecular flexibility index (Phi) is 4.58. The molecule has 2 aromatic carbocycles. The molecule has 2 heterocycles. The Labute approximate surface area is 170 Å². The molecule has 0 atom stereocenters. The van der Waals surface area contributed by atoms with Gasteiger partial charge in [0.15, 0.2) is 0 Å². The highest BCUT2D eigenvalue weighted by Gasteiger charge is 2.29. The van der Waals surface area contributed by atoms with Gasteiger partial charge in [-0.15, -0.1) is 0 Å². The van der Waals surface area contributed by atoms with Crippen molar-refractivity contribution in [3.05, 3.63) is 65.4 Å². The number of methoxy groups -OCH3 is 1. The lowest BCUT2D eigenvalue weighted by Crippen LogP contribution is -2.49. The minimum atomic E-state index is 0.154. The van der Waals surface area contributed by atoms with Crippen LogP contribution in [0.3, 0.4) is 0 Å². The fourth-order valence-electron chi connectivity index (χ4n) is 4.65. The molecule has 1 fully saturated rings. The first kappa shape index (κ1) is 18.0. The second-order valence-corrected chi connectivity index (χ2v) is 7.73. The van der Waals surface area contributed by atoms with E-state index in [-0.39, 0.29) is 5.91 Å². The average Bonchev–Trinajstić information content (AvgIpc) is 3.25. The number of pyridine rings is 1. The number of aryl methyl sites for hydroxylation is 1. The number of hydrogen-bond donors (Lipinski definition) is 0. The van der Waals surface area contributed by atoms with Gasteiger partial charge in [0, 0.05) is 37.3 Å². The number of para-hydroxylation sites is 3. The van der Waals surface area contributed by atoms with Crippen molar-refractivity contribution in [2.24, 2.45) is 0 Å². The van der Waals surface area contributed by atoms with E-state index in [4.69, 9.17) is 9.72 Å². The third-order valence-electron chi connectivity index (χ3n) is 6.13. The highest BCUT2D eigenvalue weighted by molar-refractivity contribution is 6.08. The van der Waals surface area contributed by atoms with Crippen molar-refractivity contribution in [1.29, 1.82) is 0 Å². The van der Waals surface area contributed by atoms with E-state index in [1.54, 1.807) is 7.11 Å². The van der Waals surface area contributed by atoms with E-state index in [0.29, 0.717) is 13.1 Å². The van der Waals surface area contributed by atoms with Crippen molar-refractivity contribution in [2.75, 3.05) is 38.2 Å². The largest absolute Gasteiger partial charge is 0.495 e. The van der Waals surface area contributed by atoms with E-state index in [1.807, 2.05) is 47.4 Å². The van der Waals surface area contributed by atoms with Crippen LogP contribution in [0.2, 0.25) is 0 Å². The molecule has 5 nitrogen and oxygen atoms in total. The summed E-state index contributed by atoms with van der Waals surface area (Å²) in [6, 6.07) is 16.1. The molecule has 3 aromatic rings. The van der Waals surface area contributed by atoms with E-state index in [1.165, 1.54) is 5.56 Å². The van der Waals surface area contributed by atoms with Gasteiger partial charge in [0.1, 0.15) is 5.75 Å². The normalized spacial score (nSPS) is 16.2. The summed E-state index contributed by atoms with van der Waals surface area (Å²) in [4.78, 5) is 22.7. The molecule has 0 bridgehead atoms. The van der Waals surface area contributed by atoms with Crippen molar-refractivity contribution in [3.63, 3.8) is 0 Å². The van der Waals surface area contributed by atoms with Crippen LogP contribution >= 0.6 is 0 Å². The summed E-state index contributed by atoms with van der Waals surface area (Å²) in [6.07, 6.45) is 3.01. The number of piperazine rings is 1. The number of nitrogens with zero attached hydrogens (tertiary/aromatic N) is 3. The van der Waals surface area contributed by atoms with E-state index in [2.05, 4.69) is 11.0 Å². The minimum Gasteiger partial charge on any atom is -0.495 e. The summed E-state index contributed by atoms with van der Waals surface area (Å²) in [5.41, 5.74) is 5.19. The highest BCUT2D eigenvalue weighted by Crippen LogP contribution is 2.32. The van der Waals surface area contributed by atoms with Crippen molar-refractivity contribution in [3.8, 4) is 5.75 Å². The molecule has 0 saturated carbocycles. The smallest absolute Gasteiger partial charge is 0.255 e. The fraction of sp³-hybridized carbons (Fsp3) is 0.333. The first-order valence-electron chi connectivity index (χ1n) is 10.3. The van der Waals surface area contributed by atoms with Gasteiger partial charge >= 0.3 is 0 Å². The number of ether oxygens (including phenoxy) is 1. The number of amides is 1. The maximum atomic E-state index is 13.6.